The Morgan fingerprint density at radius 3 is 2.33 bits per heavy atom. The van der Waals surface area contributed by atoms with Crippen LogP contribution in [0, 0.1) is 17.8 Å². The molecule has 0 aromatic heterocycles. The van der Waals surface area contributed by atoms with Gasteiger partial charge in [-0.2, -0.15) is 0 Å². The van der Waals surface area contributed by atoms with Gasteiger partial charge in [0.15, 0.2) is 0 Å². The second-order valence-electron chi connectivity index (χ2n) is 3.62. The molecule has 1 saturated carbocycles. The average molecular weight is 169 g/mol. The van der Waals surface area contributed by atoms with E-state index >= 15 is 0 Å². The smallest absolute Gasteiger partial charge is 0.223 e. The molecular weight excluding hydrogens is 154 g/mol. The van der Waals surface area contributed by atoms with Gasteiger partial charge in [-0.05, 0) is 6.42 Å². The molecule has 2 atom stereocenters. The van der Waals surface area contributed by atoms with Crippen molar-refractivity contribution in [2.24, 2.45) is 17.8 Å². The van der Waals surface area contributed by atoms with Crippen LogP contribution in [-0.2, 0) is 9.59 Å². The van der Waals surface area contributed by atoms with Crippen molar-refractivity contribution >= 4 is 11.7 Å². The number of Topliss-reactive ketones (excluding diaryl/α,β-unsaturated/α-hetero) is 1. The van der Waals surface area contributed by atoms with Crippen molar-refractivity contribution in [1.82, 2.24) is 5.32 Å². The number of rotatable bonds is 3. The van der Waals surface area contributed by atoms with Crippen molar-refractivity contribution < 1.29 is 9.59 Å². The Bertz CT molecular complexity index is 211. The van der Waals surface area contributed by atoms with Crippen LogP contribution in [0.2, 0.25) is 0 Å². The van der Waals surface area contributed by atoms with E-state index in [-0.39, 0.29) is 29.4 Å². The summed E-state index contributed by atoms with van der Waals surface area (Å²) in [6, 6.07) is 0. The van der Waals surface area contributed by atoms with Crippen LogP contribution in [0.15, 0.2) is 0 Å². The van der Waals surface area contributed by atoms with Gasteiger partial charge in [0.25, 0.3) is 0 Å². The maximum atomic E-state index is 11.4. The maximum absolute atomic E-state index is 11.4. The van der Waals surface area contributed by atoms with Crippen molar-refractivity contribution in [3.8, 4) is 0 Å². The van der Waals surface area contributed by atoms with Gasteiger partial charge in [0.2, 0.25) is 5.91 Å². The molecular formula is C9H15NO2. The third kappa shape index (κ3) is 1.65. The molecule has 1 aliphatic carbocycles. The van der Waals surface area contributed by atoms with E-state index in [9.17, 15) is 9.59 Å². The van der Waals surface area contributed by atoms with Crippen LogP contribution in [0.1, 0.15) is 20.3 Å². The average Bonchev–Trinajstić information content (AvgIpc) is 2.80. The normalized spacial score (nSPS) is 27.0. The summed E-state index contributed by atoms with van der Waals surface area (Å²) in [6.45, 7) is 3.75. The number of carbonyl (C=O) groups is 2. The summed E-state index contributed by atoms with van der Waals surface area (Å²) in [6.07, 6.45) is 0.747. The SMILES string of the molecule is CNC(=O)C1C[C@@H]1C(=O)C(C)C. The Hall–Kier alpha value is -0.860. The number of hydrogen-bond acceptors (Lipinski definition) is 2. The Morgan fingerprint density at radius 2 is 1.92 bits per heavy atom. The molecule has 68 valence electrons. The van der Waals surface area contributed by atoms with Crippen LogP contribution in [0.5, 0.6) is 0 Å². The summed E-state index contributed by atoms with van der Waals surface area (Å²) in [4.78, 5) is 22.4. The first-order chi connectivity index (χ1) is 5.57. The minimum atomic E-state index is -0.0371. The molecule has 1 aliphatic rings. The minimum Gasteiger partial charge on any atom is -0.359 e. The van der Waals surface area contributed by atoms with Crippen molar-refractivity contribution in [2.45, 2.75) is 20.3 Å². The zero-order chi connectivity index (χ0) is 9.30. The molecule has 1 fully saturated rings. The van der Waals surface area contributed by atoms with Gasteiger partial charge in [-0.25, -0.2) is 0 Å². The molecule has 0 saturated heterocycles. The molecule has 0 aliphatic heterocycles. The van der Waals surface area contributed by atoms with Crippen molar-refractivity contribution in [3.63, 3.8) is 0 Å². The lowest BCUT2D eigenvalue weighted by Gasteiger charge is -2.01. The first-order valence-corrected chi connectivity index (χ1v) is 4.33. The van der Waals surface area contributed by atoms with Crippen LogP contribution in [0.3, 0.4) is 0 Å². The molecule has 0 aromatic rings. The predicted octanol–water partition coefficient (Wildman–Crippen LogP) is 0.594. The van der Waals surface area contributed by atoms with E-state index in [0.29, 0.717) is 0 Å². The largest absolute Gasteiger partial charge is 0.359 e. The Balaban J connectivity index is 2.42. The Morgan fingerprint density at radius 1 is 1.33 bits per heavy atom. The topological polar surface area (TPSA) is 46.2 Å². The van der Waals surface area contributed by atoms with Gasteiger partial charge in [-0.1, -0.05) is 13.8 Å². The van der Waals surface area contributed by atoms with E-state index in [1.807, 2.05) is 13.8 Å². The van der Waals surface area contributed by atoms with E-state index in [1.165, 1.54) is 0 Å². The molecule has 0 aromatic carbocycles. The van der Waals surface area contributed by atoms with Gasteiger partial charge in [-0.3, -0.25) is 9.59 Å². The van der Waals surface area contributed by atoms with Gasteiger partial charge >= 0.3 is 0 Å². The summed E-state index contributed by atoms with van der Waals surface area (Å²) >= 11 is 0. The highest BCUT2D eigenvalue weighted by molar-refractivity contribution is 5.94. The molecule has 3 nitrogen and oxygen atoms in total. The van der Waals surface area contributed by atoms with Crippen molar-refractivity contribution in [3.05, 3.63) is 0 Å². The van der Waals surface area contributed by atoms with Crippen LogP contribution in [0.4, 0.5) is 0 Å². The van der Waals surface area contributed by atoms with Gasteiger partial charge in [0.05, 0.1) is 0 Å². The molecule has 1 N–H and O–H groups in total. The van der Waals surface area contributed by atoms with Gasteiger partial charge in [0, 0.05) is 24.8 Å². The number of carbonyl (C=O) groups excluding carboxylic acids is 2. The van der Waals surface area contributed by atoms with E-state index in [0.717, 1.165) is 6.42 Å². The van der Waals surface area contributed by atoms with E-state index in [2.05, 4.69) is 5.32 Å². The highest BCUT2D eigenvalue weighted by Gasteiger charge is 2.47. The van der Waals surface area contributed by atoms with Crippen LogP contribution >= 0.6 is 0 Å². The molecule has 0 bridgehead atoms. The number of amides is 1. The number of nitrogens with one attached hydrogen (secondary N) is 1. The molecule has 0 heterocycles. The number of hydrogen-bond donors (Lipinski definition) is 1. The lowest BCUT2D eigenvalue weighted by Crippen LogP contribution is -2.22. The second kappa shape index (κ2) is 3.25. The van der Waals surface area contributed by atoms with Crippen molar-refractivity contribution in [1.29, 1.82) is 0 Å². The zero-order valence-electron chi connectivity index (χ0n) is 7.76. The Kier molecular flexibility index (Phi) is 2.50. The van der Waals surface area contributed by atoms with Gasteiger partial charge in [0.1, 0.15) is 5.78 Å². The standard InChI is InChI=1S/C9H15NO2/c1-5(2)8(11)6-4-7(6)9(12)10-3/h5-7H,4H2,1-3H3,(H,10,12)/t6-,7?/m0/s1. The molecule has 0 radical (unpaired) electrons. The number of ketones is 1. The first kappa shape index (κ1) is 9.23. The molecule has 1 amide bonds. The predicted molar refractivity (Wildman–Crippen MR) is 45.5 cm³/mol. The van der Waals surface area contributed by atoms with Gasteiger partial charge in [-0.15, -0.1) is 0 Å². The lowest BCUT2D eigenvalue weighted by atomic mass is 10.0. The lowest BCUT2D eigenvalue weighted by molar-refractivity contribution is -0.127. The van der Waals surface area contributed by atoms with Crippen LogP contribution in [0.25, 0.3) is 0 Å². The van der Waals surface area contributed by atoms with Crippen molar-refractivity contribution in [2.75, 3.05) is 7.05 Å². The highest BCUT2D eigenvalue weighted by Crippen LogP contribution is 2.40. The third-order valence-corrected chi connectivity index (χ3v) is 2.31. The quantitative estimate of drug-likeness (QED) is 0.672. The van der Waals surface area contributed by atoms with Gasteiger partial charge < -0.3 is 5.32 Å². The van der Waals surface area contributed by atoms with E-state index in [4.69, 9.17) is 0 Å². The summed E-state index contributed by atoms with van der Waals surface area (Å²) < 4.78 is 0. The van der Waals surface area contributed by atoms with Crippen LogP contribution in [-0.4, -0.2) is 18.7 Å². The minimum absolute atomic E-state index is 0.00458. The maximum Gasteiger partial charge on any atom is 0.223 e. The summed E-state index contributed by atoms with van der Waals surface area (Å²) in [5, 5.41) is 2.56. The van der Waals surface area contributed by atoms with Crippen LogP contribution < -0.4 is 5.32 Å². The molecule has 1 rings (SSSR count). The molecule has 0 spiro atoms. The fourth-order valence-electron chi connectivity index (χ4n) is 1.41. The summed E-state index contributed by atoms with van der Waals surface area (Å²) in [7, 11) is 1.61. The Labute approximate surface area is 72.5 Å². The zero-order valence-corrected chi connectivity index (χ0v) is 7.76. The highest BCUT2D eigenvalue weighted by atomic mass is 16.2. The third-order valence-electron chi connectivity index (χ3n) is 2.31. The molecule has 3 heteroatoms. The monoisotopic (exact) mass is 169 g/mol. The fourth-order valence-corrected chi connectivity index (χ4v) is 1.41. The summed E-state index contributed by atoms with van der Waals surface area (Å²) in [5.41, 5.74) is 0. The first-order valence-electron chi connectivity index (χ1n) is 4.33. The summed E-state index contributed by atoms with van der Waals surface area (Å²) in [5.74, 6) is 0.261. The second-order valence-corrected chi connectivity index (χ2v) is 3.62. The fraction of sp³-hybridized carbons (Fsp3) is 0.778. The molecule has 1 unspecified atom stereocenters. The van der Waals surface area contributed by atoms with E-state index in [1.54, 1.807) is 7.05 Å². The van der Waals surface area contributed by atoms with E-state index < -0.39 is 0 Å². The molecule has 12 heavy (non-hydrogen) atoms.